The van der Waals surface area contributed by atoms with Gasteiger partial charge in [0.05, 0.1) is 17.3 Å². The molecule has 1 saturated heterocycles. The fraction of sp³-hybridized carbons (Fsp3) is 0.292. The molecule has 31 heavy (non-hydrogen) atoms. The van der Waals surface area contributed by atoms with Gasteiger partial charge in [-0.1, -0.05) is 24.8 Å². The Bertz CT molecular complexity index is 1170. The second-order valence-corrected chi connectivity index (χ2v) is 9.56. The number of benzene rings is 1. The Morgan fingerprint density at radius 1 is 1.16 bits per heavy atom. The molecule has 0 unspecified atom stereocenters. The van der Waals surface area contributed by atoms with Crippen molar-refractivity contribution in [1.29, 1.82) is 0 Å². The highest BCUT2D eigenvalue weighted by atomic mass is 32.2. The molecule has 0 saturated carbocycles. The summed E-state index contributed by atoms with van der Waals surface area (Å²) in [5.41, 5.74) is 5.74. The number of aryl methyl sites for hydroxylation is 1. The van der Waals surface area contributed by atoms with Gasteiger partial charge in [0.2, 0.25) is 0 Å². The summed E-state index contributed by atoms with van der Waals surface area (Å²) < 4.78 is 2.20. The van der Waals surface area contributed by atoms with Crippen LogP contribution >= 0.6 is 11.8 Å². The number of thioether (sulfide) groups is 1. The number of aromatic nitrogens is 2. The van der Waals surface area contributed by atoms with Crippen LogP contribution in [0, 0.1) is 13.8 Å². The minimum absolute atomic E-state index is 0.0421. The molecule has 3 atom stereocenters. The summed E-state index contributed by atoms with van der Waals surface area (Å²) in [6.07, 6.45) is 1.83. The summed E-state index contributed by atoms with van der Waals surface area (Å²) >= 11 is 1.84. The van der Waals surface area contributed by atoms with Gasteiger partial charge in [-0.05, 0) is 61.9 Å². The van der Waals surface area contributed by atoms with E-state index in [4.69, 9.17) is 4.99 Å². The number of hydrogen-bond acceptors (Lipinski definition) is 5. The van der Waals surface area contributed by atoms with Crippen molar-refractivity contribution in [2.75, 3.05) is 6.54 Å². The molecule has 2 aromatic heterocycles. The number of aliphatic imine (C=N–C) groups is 1. The van der Waals surface area contributed by atoms with Crippen LogP contribution in [0.2, 0.25) is 0 Å². The lowest BCUT2D eigenvalue weighted by molar-refractivity contribution is 0.0697. The van der Waals surface area contributed by atoms with Crippen LogP contribution in [0.1, 0.15) is 52.0 Å². The Hall–Kier alpha value is -3.06. The first-order valence-corrected chi connectivity index (χ1v) is 11.3. The molecule has 3 aromatic rings. The van der Waals surface area contributed by atoms with E-state index in [-0.39, 0.29) is 12.1 Å². The van der Waals surface area contributed by atoms with Crippen molar-refractivity contribution in [3.8, 4) is 5.69 Å². The molecule has 4 heterocycles. The Morgan fingerprint density at radius 3 is 2.61 bits per heavy atom. The Labute approximate surface area is 185 Å². The molecule has 2 aliphatic rings. The maximum Gasteiger partial charge on any atom is 0.335 e. The molecule has 6 nitrogen and oxygen atoms in total. The maximum atomic E-state index is 11.2. The summed E-state index contributed by atoms with van der Waals surface area (Å²) in [5, 5.41) is 10.8. The van der Waals surface area contributed by atoms with Gasteiger partial charge in [-0.2, -0.15) is 0 Å². The number of carboxylic acid groups (broad SMARTS) is 1. The molecule has 2 aliphatic heterocycles. The minimum Gasteiger partial charge on any atom is -0.478 e. The van der Waals surface area contributed by atoms with Crippen molar-refractivity contribution < 1.29 is 9.90 Å². The average Bonchev–Trinajstić information content (AvgIpc) is 3.38. The molecule has 0 bridgehead atoms. The van der Waals surface area contributed by atoms with E-state index in [0.717, 1.165) is 34.5 Å². The molecule has 5 rings (SSSR count). The van der Waals surface area contributed by atoms with Crippen LogP contribution in [-0.4, -0.2) is 42.5 Å². The van der Waals surface area contributed by atoms with Gasteiger partial charge in [0.25, 0.3) is 0 Å². The number of amidine groups is 1. The summed E-state index contributed by atoms with van der Waals surface area (Å²) in [4.78, 5) is 23.4. The Morgan fingerprint density at radius 2 is 1.94 bits per heavy atom. The predicted octanol–water partition coefficient (Wildman–Crippen LogP) is 4.78. The topological polar surface area (TPSA) is 70.7 Å². The molecule has 1 fully saturated rings. The molecule has 1 N–H and O–H groups in total. The number of carboxylic acids is 1. The van der Waals surface area contributed by atoms with E-state index in [9.17, 15) is 9.90 Å². The van der Waals surface area contributed by atoms with Gasteiger partial charge in [-0.15, -0.1) is 0 Å². The summed E-state index contributed by atoms with van der Waals surface area (Å²) in [6.45, 7) is 7.43. The smallest absolute Gasteiger partial charge is 0.335 e. The number of hydrogen-bond donors (Lipinski definition) is 1. The van der Waals surface area contributed by atoms with Crippen LogP contribution < -0.4 is 0 Å². The third kappa shape index (κ3) is 3.33. The van der Waals surface area contributed by atoms with Crippen LogP contribution in [0.3, 0.4) is 0 Å². The lowest BCUT2D eigenvalue weighted by atomic mass is 9.96. The number of rotatable bonds is 4. The van der Waals surface area contributed by atoms with Crippen molar-refractivity contribution in [3.05, 3.63) is 82.9 Å². The van der Waals surface area contributed by atoms with Crippen LogP contribution in [-0.2, 0) is 0 Å². The second-order valence-electron chi connectivity index (χ2n) is 8.15. The highest BCUT2D eigenvalue weighted by molar-refractivity contribution is 8.14. The molecule has 7 heteroatoms. The van der Waals surface area contributed by atoms with E-state index in [0.29, 0.717) is 10.8 Å². The molecular formula is C24H24N4O2S. The molecule has 0 aliphatic carbocycles. The van der Waals surface area contributed by atoms with E-state index in [2.05, 4.69) is 47.4 Å². The largest absolute Gasteiger partial charge is 0.478 e. The van der Waals surface area contributed by atoms with Gasteiger partial charge in [0.15, 0.2) is 5.17 Å². The van der Waals surface area contributed by atoms with E-state index < -0.39 is 5.97 Å². The lowest BCUT2D eigenvalue weighted by Gasteiger charge is -2.27. The fourth-order valence-corrected chi connectivity index (χ4v) is 5.78. The normalized spacial score (nSPS) is 22.5. The lowest BCUT2D eigenvalue weighted by Crippen LogP contribution is -2.28. The van der Waals surface area contributed by atoms with Gasteiger partial charge < -0.3 is 14.6 Å². The summed E-state index contributed by atoms with van der Waals surface area (Å²) in [7, 11) is 0. The second kappa shape index (κ2) is 7.57. The number of fused-ring (bicyclic) bond motifs is 1. The van der Waals surface area contributed by atoms with Crippen LogP contribution in [0.25, 0.3) is 5.69 Å². The highest BCUT2D eigenvalue weighted by Gasteiger charge is 2.44. The molecule has 0 spiro atoms. The Balaban J connectivity index is 1.59. The third-order valence-corrected chi connectivity index (χ3v) is 7.14. The van der Waals surface area contributed by atoms with Crippen molar-refractivity contribution in [1.82, 2.24) is 14.5 Å². The number of carbonyl (C=O) groups is 1. The van der Waals surface area contributed by atoms with E-state index in [1.807, 2.05) is 42.2 Å². The average molecular weight is 433 g/mol. The number of aromatic carboxylic acids is 1. The van der Waals surface area contributed by atoms with Gasteiger partial charge in [0, 0.05) is 35.1 Å². The van der Waals surface area contributed by atoms with Gasteiger partial charge in [-0.3, -0.25) is 9.98 Å². The number of pyridine rings is 1. The first-order chi connectivity index (χ1) is 14.9. The summed E-state index contributed by atoms with van der Waals surface area (Å²) in [6, 6.07) is 15.4. The molecule has 158 valence electrons. The van der Waals surface area contributed by atoms with E-state index in [1.54, 1.807) is 12.1 Å². The van der Waals surface area contributed by atoms with Gasteiger partial charge in [-0.25, -0.2) is 4.79 Å². The Kier molecular flexibility index (Phi) is 4.85. The van der Waals surface area contributed by atoms with Crippen LogP contribution in [0.15, 0.2) is 59.7 Å². The summed E-state index contributed by atoms with van der Waals surface area (Å²) in [5.74, 6) is -0.914. The standard InChI is InChI=1S/C24H24N4O2S/c1-14-12-19(16(3)28(14)18-9-7-17(8-10-18)23(29)30)22-21(20-6-4-5-11-25-20)26-24-27(22)13-15(2)31-24/h4-12,15,21-22H,13H2,1-3H3,(H,29,30)/t15-,21+,22+/m0/s1. The van der Waals surface area contributed by atoms with Crippen molar-refractivity contribution in [3.63, 3.8) is 0 Å². The van der Waals surface area contributed by atoms with Gasteiger partial charge in [0.1, 0.15) is 6.04 Å². The molecule has 0 amide bonds. The van der Waals surface area contributed by atoms with Crippen molar-refractivity contribution >= 4 is 22.9 Å². The molecule has 0 radical (unpaired) electrons. The van der Waals surface area contributed by atoms with Crippen molar-refractivity contribution in [2.45, 2.75) is 38.1 Å². The van der Waals surface area contributed by atoms with E-state index >= 15 is 0 Å². The number of nitrogens with zero attached hydrogens (tertiary/aromatic N) is 4. The van der Waals surface area contributed by atoms with Gasteiger partial charge >= 0.3 is 5.97 Å². The molecular weight excluding hydrogens is 408 g/mol. The van der Waals surface area contributed by atoms with E-state index in [1.165, 1.54) is 5.56 Å². The fourth-order valence-electron chi connectivity index (χ4n) is 4.69. The predicted molar refractivity (Wildman–Crippen MR) is 123 cm³/mol. The molecule has 1 aromatic carbocycles. The van der Waals surface area contributed by atoms with Crippen LogP contribution in [0.4, 0.5) is 0 Å². The quantitative estimate of drug-likeness (QED) is 0.643. The maximum absolute atomic E-state index is 11.2. The first kappa shape index (κ1) is 19.9. The zero-order valence-corrected chi connectivity index (χ0v) is 18.5. The first-order valence-electron chi connectivity index (χ1n) is 10.4. The third-order valence-electron chi connectivity index (χ3n) is 6.04. The minimum atomic E-state index is -0.914. The highest BCUT2D eigenvalue weighted by Crippen LogP contribution is 2.48. The SMILES string of the molecule is Cc1cc([C@@H]2[C@@H](c3ccccn3)N=C3S[C@@H](C)CN32)c(C)n1-c1ccc(C(=O)O)cc1. The monoisotopic (exact) mass is 432 g/mol. The van der Waals surface area contributed by atoms with Crippen LogP contribution in [0.5, 0.6) is 0 Å². The van der Waals surface area contributed by atoms with Crippen molar-refractivity contribution in [2.24, 2.45) is 4.99 Å². The zero-order chi connectivity index (χ0) is 21.7. The zero-order valence-electron chi connectivity index (χ0n) is 17.7.